The number of likely N-dealkylation sites (N-methyl/N-ethyl adjacent to an activating group) is 1. The first-order valence-corrected chi connectivity index (χ1v) is 9.30. The highest BCUT2D eigenvalue weighted by atomic mass is 32.1. The van der Waals surface area contributed by atoms with Crippen LogP contribution in [0.3, 0.4) is 0 Å². The van der Waals surface area contributed by atoms with E-state index >= 15 is 0 Å². The number of carbonyl (C=O) groups is 1. The molecule has 3 aromatic rings. The smallest absolute Gasteiger partial charge is 0.272 e. The Balaban J connectivity index is 1.89. The second-order valence-electron chi connectivity index (χ2n) is 6.55. The molecule has 0 aliphatic rings. The lowest BCUT2D eigenvalue weighted by molar-refractivity contribution is 0.0728. The normalized spacial score (nSPS) is 11.3. The van der Waals surface area contributed by atoms with Crippen molar-refractivity contribution in [2.45, 2.75) is 13.5 Å². The van der Waals surface area contributed by atoms with E-state index in [4.69, 9.17) is 0 Å². The van der Waals surface area contributed by atoms with E-state index in [0.29, 0.717) is 18.5 Å². The quantitative estimate of drug-likeness (QED) is 0.658. The summed E-state index contributed by atoms with van der Waals surface area (Å²) in [6, 6.07) is 12.3. The van der Waals surface area contributed by atoms with Crippen molar-refractivity contribution in [1.29, 1.82) is 0 Å². The molecule has 0 unspecified atom stereocenters. The van der Waals surface area contributed by atoms with E-state index < -0.39 is 5.82 Å². The number of amides is 1. The lowest BCUT2D eigenvalue weighted by Crippen LogP contribution is -2.36. The van der Waals surface area contributed by atoms with Crippen LogP contribution in [0, 0.1) is 12.7 Å². The van der Waals surface area contributed by atoms with Crippen LogP contribution in [0.25, 0.3) is 10.9 Å². The summed E-state index contributed by atoms with van der Waals surface area (Å²) in [5.41, 5.74) is 0.507. The molecule has 4 nitrogen and oxygen atoms in total. The van der Waals surface area contributed by atoms with Gasteiger partial charge in [0.1, 0.15) is 17.0 Å². The summed E-state index contributed by atoms with van der Waals surface area (Å²) in [7, 11) is 3.95. The highest BCUT2D eigenvalue weighted by Crippen LogP contribution is 2.20. The van der Waals surface area contributed by atoms with Crippen LogP contribution >= 0.6 is 11.3 Å². The molecule has 0 radical (unpaired) electrons. The van der Waals surface area contributed by atoms with Crippen LogP contribution in [-0.2, 0) is 6.54 Å². The Bertz CT molecular complexity index is 922. The third kappa shape index (κ3) is 4.26. The number of aromatic nitrogens is 1. The summed E-state index contributed by atoms with van der Waals surface area (Å²) in [5.74, 6) is -0.589. The molecule has 2 aromatic heterocycles. The molecule has 0 N–H and O–H groups in total. The molecule has 26 heavy (non-hydrogen) atoms. The van der Waals surface area contributed by atoms with Crippen molar-refractivity contribution in [3.8, 4) is 0 Å². The van der Waals surface area contributed by atoms with E-state index in [1.54, 1.807) is 40.5 Å². The van der Waals surface area contributed by atoms with Crippen LogP contribution < -0.4 is 0 Å². The molecule has 0 saturated carbocycles. The zero-order chi connectivity index (χ0) is 18.7. The van der Waals surface area contributed by atoms with Crippen LogP contribution in [0.2, 0.25) is 0 Å². The molecule has 3 rings (SSSR count). The monoisotopic (exact) mass is 371 g/mol. The van der Waals surface area contributed by atoms with Crippen molar-refractivity contribution in [1.82, 2.24) is 14.8 Å². The van der Waals surface area contributed by atoms with Crippen molar-refractivity contribution in [3.05, 3.63) is 63.7 Å². The minimum absolute atomic E-state index is 0.178. The van der Waals surface area contributed by atoms with E-state index in [9.17, 15) is 9.18 Å². The predicted molar refractivity (Wildman–Crippen MR) is 104 cm³/mol. The summed E-state index contributed by atoms with van der Waals surface area (Å²) < 4.78 is 14.0. The fraction of sp³-hybridized carbons (Fsp3) is 0.300. The first-order chi connectivity index (χ1) is 12.4. The topological polar surface area (TPSA) is 36.4 Å². The van der Waals surface area contributed by atoms with E-state index in [1.807, 2.05) is 32.0 Å². The van der Waals surface area contributed by atoms with Crippen LogP contribution in [0.15, 0.2) is 42.5 Å². The molecule has 1 aromatic carbocycles. The fourth-order valence-corrected chi connectivity index (χ4v) is 3.63. The van der Waals surface area contributed by atoms with E-state index in [-0.39, 0.29) is 17.1 Å². The molecular weight excluding hydrogens is 349 g/mol. The Morgan fingerprint density at radius 3 is 2.62 bits per heavy atom. The van der Waals surface area contributed by atoms with Gasteiger partial charge in [0.15, 0.2) is 0 Å². The maximum absolute atomic E-state index is 14.0. The largest absolute Gasteiger partial charge is 0.331 e. The lowest BCUT2D eigenvalue weighted by Gasteiger charge is -2.23. The second kappa shape index (κ2) is 7.93. The number of carbonyl (C=O) groups excluding carboxylic acids is 1. The SMILES string of the molecule is Cc1ccc(CN(CCN(C)C)C(=O)c2ccc3cccc(F)c3n2)s1. The Morgan fingerprint density at radius 2 is 1.92 bits per heavy atom. The number of rotatable bonds is 6. The molecule has 1 amide bonds. The van der Waals surface area contributed by atoms with Crippen molar-refractivity contribution in [2.24, 2.45) is 0 Å². The molecule has 136 valence electrons. The standard InChI is InChI=1S/C20H22FN3OS/c1-14-7-9-16(26-14)13-24(12-11-23(2)3)20(25)18-10-8-15-5-4-6-17(21)19(15)22-18/h4-10H,11-13H2,1-3H3. The average molecular weight is 371 g/mol. The molecule has 0 atom stereocenters. The van der Waals surface area contributed by atoms with Gasteiger partial charge in [0, 0.05) is 28.2 Å². The number of para-hydroxylation sites is 1. The number of benzene rings is 1. The molecule has 0 spiro atoms. The first-order valence-electron chi connectivity index (χ1n) is 8.48. The lowest BCUT2D eigenvalue weighted by atomic mass is 10.2. The van der Waals surface area contributed by atoms with Crippen molar-refractivity contribution >= 4 is 28.1 Å². The van der Waals surface area contributed by atoms with Gasteiger partial charge in [-0.25, -0.2) is 9.37 Å². The van der Waals surface area contributed by atoms with Gasteiger partial charge in [-0.3, -0.25) is 4.79 Å². The van der Waals surface area contributed by atoms with Crippen molar-refractivity contribution in [2.75, 3.05) is 27.2 Å². The van der Waals surface area contributed by atoms with Gasteiger partial charge >= 0.3 is 0 Å². The number of aryl methyl sites for hydroxylation is 1. The molecule has 0 aliphatic heterocycles. The predicted octanol–water partition coefficient (Wildman–Crippen LogP) is 3.95. The Hall–Kier alpha value is -2.31. The van der Waals surface area contributed by atoms with Crippen LogP contribution in [0.4, 0.5) is 4.39 Å². The Labute approximate surface area is 156 Å². The van der Waals surface area contributed by atoms with Crippen molar-refractivity contribution < 1.29 is 9.18 Å². The molecule has 0 aliphatic carbocycles. The van der Waals surface area contributed by atoms with Gasteiger partial charge in [-0.1, -0.05) is 18.2 Å². The third-order valence-electron chi connectivity index (χ3n) is 4.14. The van der Waals surface area contributed by atoms with Crippen LogP contribution in [-0.4, -0.2) is 47.9 Å². The number of pyridine rings is 1. The summed E-state index contributed by atoms with van der Waals surface area (Å²) in [4.78, 5) is 23.5. The maximum Gasteiger partial charge on any atom is 0.272 e. The van der Waals surface area contributed by atoms with E-state index in [2.05, 4.69) is 11.1 Å². The molecular formula is C20H22FN3OS. The maximum atomic E-state index is 14.0. The molecule has 0 bridgehead atoms. The zero-order valence-electron chi connectivity index (χ0n) is 15.2. The van der Waals surface area contributed by atoms with Gasteiger partial charge in [-0.2, -0.15) is 0 Å². The average Bonchev–Trinajstić information content (AvgIpc) is 3.03. The Kier molecular flexibility index (Phi) is 5.64. The fourth-order valence-electron chi connectivity index (χ4n) is 2.72. The summed E-state index contributed by atoms with van der Waals surface area (Å²) >= 11 is 1.68. The van der Waals surface area contributed by atoms with Gasteiger partial charge in [-0.05, 0) is 45.3 Å². The highest BCUT2D eigenvalue weighted by molar-refractivity contribution is 7.11. The van der Waals surface area contributed by atoms with Crippen LogP contribution in [0.1, 0.15) is 20.2 Å². The number of fused-ring (bicyclic) bond motifs is 1. The third-order valence-corrected chi connectivity index (χ3v) is 5.12. The minimum atomic E-state index is -0.411. The number of nitrogens with zero attached hydrogens (tertiary/aromatic N) is 3. The summed E-state index contributed by atoms with van der Waals surface area (Å²) in [5, 5.41) is 0.690. The minimum Gasteiger partial charge on any atom is -0.331 e. The summed E-state index contributed by atoms with van der Waals surface area (Å²) in [6.45, 7) is 3.91. The number of halogens is 1. The molecule has 6 heteroatoms. The summed E-state index contributed by atoms with van der Waals surface area (Å²) in [6.07, 6.45) is 0. The second-order valence-corrected chi connectivity index (χ2v) is 7.92. The van der Waals surface area contributed by atoms with Crippen molar-refractivity contribution in [3.63, 3.8) is 0 Å². The van der Waals surface area contributed by atoms with Gasteiger partial charge < -0.3 is 9.80 Å². The number of hydrogen-bond donors (Lipinski definition) is 0. The van der Waals surface area contributed by atoms with Crippen LogP contribution in [0.5, 0.6) is 0 Å². The van der Waals surface area contributed by atoms with Gasteiger partial charge in [0.2, 0.25) is 0 Å². The highest BCUT2D eigenvalue weighted by Gasteiger charge is 2.19. The zero-order valence-corrected chi connectivity index (χ0v) is 16.0. The first kappa shape index (κ1) is 18.5. The molecule has 0 fully saturated rings. The Morgan fingerprint density at radius 1 is 1.12 bits per heavy atom. The van der Waals surface area contributed by atoms with E-state index in [0.717, 1.165) is 11.4 Å². The molecule has 0 saturated heterocycles. The van der Waals surface area contributed by atoms with Gasteiger partial charge in [0.25, 0.3) is 5.91 Å². The molecule has 2 heterocycles. The number of thiophene rings is 1. The van der Waals surface area contributed by atoms with Gasteiger partial charge in [-0.15, -0.1) is 11.3 Å². The number of hydrogen-bond acceptors (Lipinski definition) is 4. The van der Waals surface area contributed by atoms with E-state index in [1.165, 1.54) is 10.9 Å². The van der Waals surface area contributed by atoms with Gasteiger partial charge in [0.05, 0.1) is 6.54 Å².